The Morgan fingerprint density at radius 1 is 1.38 bits per heavy atom. The van der Waals surface area contributed by atoms with Crippen molar-refractivity contribution >= 4 is 5.91 Å². The summed E-state index contributed by atoms with van der Waals surface area (Å²) < 4.78 is 11.2. The lowest BCUT2D eigenvalue weighted by molar-refractivity contribution is -0.133. The normalized spacial score (nSPS) is 25.8. The number of rotatable bonds is 5. The van der Waals surface area contributed by atoms with Gasteiger partial charge in [-0.3, -0.25) is 14.7 Å². The molecule has 7 heteroatoms. The fourth-order valence-corrected chi connectivity index (χ4v) is 3.82. The molecule has 2 saturated heterocycles. The molecule has 7 nitrogen and oxygen atoms in total. The van der Waals surface area contributed by atoms with Crippen molar-refractivity contribution in [1.82, 2.24) is 20.4 Å². The molecular weight excluding hydrogens is 332 g/mol. The van der Waals surface area contributed by atoms with Gasteiger partial charge in [-0.2, -0.15) is 0 Å². The third-order valence-electron chi connectivity index (χ3n) is 5.16. The zero-order chi connectivity index (χ0) is 17.9. The lowest BCUT2D eigenvalue weighted by Gasteiger charge is -2.33. The second-order valence-corrected chi connectivity index (χ2v) is 7.15. The Hall–Kier alpha value is -2.25. The first-order chi connectivity index (χ1) is 12.7. The molecule has 2 aliphatic heterocycles. The summed E-state index contributed by atoms with van der Waals surface area (Å²) in [5, 5.41) is 7.01. The second kappa shape index (κ2) is 7.55. The maximum atomic E-state index is 12.4. The third kappa shape index (κ3) is 3.94. The van der Waals surface area contributed by atoms with Gasteiger partial charge in [0, 0.05) is 25.4 Å². The summed E-state index contributed by atoms with van der Waals surface area (Å²) in [6, 6.07) is 7.65. The van der Waals surface area contributed by atoms with E-state index in [4.69, 9.17) is 9.26 Å². The summed E-state index contributed by atoms with van der Waals surface area (Å²) in [7, 11) is 0. The van der Waals surface area contributed by atoms with E-state index in [9.17, 15) is 4.79 Å². The van der Waals surface area contributed by atoms with Gasteiger partial charge in [-0.15, -0.1) is 0 Å². The van der Waals surface area contributed by atoms with Gasteiger partial charge in [0.2, 0.25) is 5.91 Å². The van der Waals surface area contributed by atoms with Crippen LogP contribution in [-0.2, 0) is 22.6 Å². The van der Waals surface area contributed by atoms with E-state index in [-0.39, 0.29) is 18.1 Å². The highest BCUT2D eigenvalue weighted by atomic mass is 16.5. The van der Waals surface area contributed by atoms with Crippen LogP contribution in [0.3, 0.4) is 0 Å². The summed E-state index contributed by atoms with van der Waals surface area (Å²) in [5.74, 6) is 1.25. The topological polar surface area (TPSA) is 80.5 Å². The number of carbonyl (C=O) groups excluding carboxylic acids is 1. The van der Waals surface area contributed by atoms with E-state index in [1.54, 1.807) is 6.20 Å². The van der Waals surface area contributed by atoms with Crippen LogP contribution in [0.2, 0.25) is 0 Å². The van der Waals surface area contributed by atoms with Crippen molar-refractivity contribution in [2.24, 2.45) is 5.92 Å². The molecule has 0 spiro atoms. The Bertz CT molecular complexity index is 748. The highest BCUT2D eigenvalue weighted by molar-refractivity contribution is 5.81. The number of aromatic nitrogens is 2. The Morgan fingerprint density at radius 3 is 3.08 bits per heavy atom. The quantitative estimate of drug-likeness (QED) is 0.878. The largest absolute Gasteiger partial charge is 0.364 e. The van der Waals surface area contributed by atoms with Crippen LogP contribution in [0.15, 0.2) is 35.0 Å². The van der Waals surface area contributed by atoms with Gasteiger partial charge in [0.1, 0.15) is 11.9 Å². The number of aryl methyl sites for hydroxylation is 1. The predicted molar refractivity (Wildman–Crippen MR) is 94.0 cm³/mol. The molecule has 4 rings (SSSR count). The van der Waals surface area contributed by atoms with Crippen molar-refractivity contribution < 1.29 is 14.1 Å². The molecule has 4 heterocycles. The molecule has 0 unspecified atom stereocenters. The van der Waals surface area contributed by atoms with E-state index < -0.39 is 0 Å². The zero-order valence-electron chi connectivity index (χ0n) is 14.9. The third-order valence-corrected chi connectivity index (χ3v) is 5.16. The number of nitrogens with one attached hydrogen (secondary N) is 1. The van der Waals surface area contributed by atoms with Gasteiger partial charge < -0.3 is 14.6 Å². The van der Waals surface area contributed by atoms with Gasteiger partial charge in [-0.1, -0.05) is 11.2 Å². The SMILES string of the molecule is Cc1cc(CN2CC[C@H]3C[C@H](C(=O)NCc4ccccn4)O[C@H]3C2)no1. The van der Waals surface area contributed by atoms with Crippen molar-refractivity contribution in [3.63, 3.8) is 0 Å². The van der Waals surface area contributed by atoms with E-state index in [2.05, 4.69) is 20.4 Å². The number of nitrogens with zero attached hydrogens (tertiary/aromatic N) is 3. The molecule has 138 valence electrons. The lowest BCUT2D eigenvalue weighted by atomic mass is 9.91. The zero-order valence-corrected chi connectivity index (χ0v) is 14.9. The van der Waals surface area contributed by atoms with Crippen LogP contribution < -0.4 is 5.32 Å². The number of amides is 1. The number of likely N-dealkylation sites (tertiary alicyclic amines) is 1. The molecule has 1 N–H and O–H groups in total. The highest BCUT2D eigenvalue weighted by Crippen LogP contribution is 2.33. The van der Waals surface area contributed by atoms with Crippen LogP contribution in [-0.4, -0.2) is 46.2 Å². The molecular formula is C19H24N4O3. The summed E-state index contributed by atoms with van der Waals surface area (Å²) in [5.41, 5.74) is 1.80. The van der Waals surface area contributed by atoms with Crippen LogP contribution in [0.25, 0.3) is 0 Å². The number of pyridine rings is 1. The molecule has 3 atom stereocenters. The van der Waals surface area contributed by atoms with Gasteiger partial charge in [0.25, 0.3) is 0 Å². The number of hydrogen-bond acceptors (Lipinski definition) is 6. The van der Waals surface area contributed by atoms with Gasteiger partial charge in [0.05, 0.1) is 24.0 Å². The molecule has 0 radical (unpaired) electrons. The summed E-state index contributed by atoms with van der Waals surface area (Å²) in [6.07, 6.45) is 3.33. The lowest BCUT2D eigenvalue weighted by Crippen LogP contribution is -2.42. The van der Waals surface area contributed by atoms with Crippen LogP contribution >= 0.6 is 0 Å². The first-order valence-electron chi connectivity index (χ1n) is 9.15. The van der Waals surface area contributed by atoms with Crippen molar-refractivity contribution in [1.29, 1.82) is 0 Å². The van der Waals surface area contributed by atoms with Gasteiger partial charge >= 0.3 is 0 Å². The van der Waals surface area contributed by atoms with E-state index in [1.807, 2.05) is 31.2 Å². The minimum absolute atomic E-state index is 0.0382. The fraction of sp³-hybridized carbons (Fsp3) is 0.526. The molecule has 0 aliphatic carbocycles. The Labute approximate surface area is 152 Å². The van der Waals surface area contributed by atoms with E-state index >= 15 is 0 Å². The monoisotopic (exact) mass is 356 g/mol. The maximum Gasteiger partial charge on any atom is 0.249 e. The Balaban J connectivity index is 1.28. The number of piperidine rings is 1. The first-order valence-corrected chi connectivity index (χ1v) is 9.15. The van der Waals surface area contributed by atoms with Crippen LogP contribution in [0.5, 0.6) is 0 Å². The average Bonchev–Trinajstić information content (AvgIpc) is 3.26. The number of carbonyl (C=O) groups is 1. The Kier molecular flexibility index (Phi) is 4.99. The summed E-state index contributed by atoms with van der Waals surface area (Å²) in [6.45, 7) is 4.93. The molecule has 0 saturated carbocycles. The van der Waals surface area contributed by atoms with Crippen molar-refractivity contribution in [2.75, 3.05) is 13.1 Å². The molecule has 0 aromatic carbocycles. The van der Waals surface area contributed by atoms with Gasteiger partial charge in [0.15, 0.2) is 0 Å². The molecule has 2 fully saturated rings. The van der Waals surface area contributed by atoms with Crippen LogP contribution in [0, 0.1) is 12.8 Å². The van der Waals surface area contributed by atoms with Gasteiger partial charge in [-0.05, 0) is 44.4 Å². The molecule has 26 heavy (non-hydrogen) atoms. The number of fused-ring (bicyclic) bond motifs is 1. The first kappa shape index (κ1) is 17.2. The molecule has 2 aromatic heterocycles. The van der Waals surface area contributed by atoms with Crippen molar-refractivity contribution in [3.05, 3.63) is 47.6 Å². The van der Waals surface area contributed by atoms with Crippen LogP contribution in [0.1, 0.15) is 30.0 Å². The molecule has 2 aliphatic rings. The molecule has 1 amide bonds. The van der Waals surface area contributed by atoms with Crippen molar-refractivity contribution in [2.45, 2.75) is 45.1 Å². The molecule has 2 aromatic rings. The average molecular weight is 356 g/mol. The van der Waals surface area contributed by atoms with E-state index in [0.717, 1.165) is 49.6 Å². The summed E-state index contributed by atoms with van der Waals surface area (Å²) >= 11 is 0. The van der Waals surface area contributed by atoms with Crippen molar-refractivity contribution in [3.8, 4) is 0 Å². The fourth-order valence-electron chi connectivity index (χ4n) is 3.82. The van der Waals surface area contributed by atoms with E-state index in [0.29, 0.717) is 12.5 Å². The minimum atomic E-state index is -0.358. The number of ether oxygens (including phenoxy) is 1. The molecule has 0 bridgehead atoms. The highest BCUT2D eigenvalue weighted by Gasteiger charge is 2.41. The standard InChI is InChI=1S/C19H24N4O3/c1-13-8-16(22-26-13)11-23-7-5-14-9-17(25-18(14)12-23)19(24)21-10-15-4-2-3-6-20-15/h2-4,6,8,14,17-18H,5,7,9-12H2,1H3,(H,21,24)/t14-,17+,18-/m0/s1. The Morgan fingerprint density at radius 2 is 2.31 bits per heavy atom. The number of hydrogen-bond donors (Lipinski definition) is 1. The summed E-state index contributed by atoms with van der Waals surface area (Å²) in [4.78, 5) is 19.0. The second-order valence-electron chi connectivity index (χ2n) is 7.15. The van der Waals surface area contributed by atoms with E-state index in [1.165, 1.54) is 0 Å². The minimum Gasteiger partial charge on any atom is -0.364 e. The van der Waals surface area contributed by atoms with Crippen LogP contribution in [0.4, 0.5) is 0 Å². The predicted octanol–water partition coefficient (Wildman–Crippen LogP) is 1.67. The van der Waals surface area contributed by atoms with Gasteiger partial charge in [-0.25, -0.2) is 0 Å². The smallest absolute Gasteiger partial charge is 0.249 e. The maximum absolute atomic E-state index is 12.4.